The zero-order chi connectivity index (χ0) is 36.9. The Morgan fingerprint density at radius 1 is 0.549 bits per heavy atom. The van der Waals surface area contributed by atoms with Crippen molar-refractivity contribution in [2.24, 2.45) is 0 Å². The van der Waals surface area contributed by atoms with E-state index in [2.05, 4.69) is 50.3 Å². The number of ether oxygens (including phenoxy) is 3. The molecule has 0 amide bonds. The third-order valence-corrected chi connectivity index (χ3v) is 9.84. The maximum atomic E-state index is 12.2. The molecule has 0 saturated carbocycles. The first-order chi connectivity index (χ1) is 25.1. The zero-order valence-electron chi connectivity index (χ0n) is 33.3. The lowest BCUT2D eigenvalue weighted by Gasteiger charge is -2.15. The highest BCUT2D eigenvalue weighted by atomic mass is 16.6. The van der Waals surface area contributed by atoms with Crippen molar-refractivity contribution in [1.29, 1.82) is 0 Å². The molecule has 6 nitrogen and oxygen atoms in total. The standard InChI is InChI=1S/C45H80O6/c1-3-5-7-9-11-13-14-15-16-17-18-19-20-21-22-24-26-28-33-37-44(47)49-40-41(39-46)50-45(48)38-34-30-29-32-36-43-42(51-43)35-31-27-25-23-12-10-8-6-4-2/h12,23,27,29,31-32,41-43,46H,3-11,13-22,24-26,28,30,33-40H2,1-2H3/b23-12-,31-27-,32-29-/t41-,42?,43?/m0/s1. The number of hydrogen-bond donors (Lipinski definition) is 1. The molecular weight excluding hydrogens is 636 g/mol. The van der Waals surface area contributed by atoms with E-state index < -0.39 is 6.10 Å². The van der Waals surface area contributed by atoms with Crippen molar-refractivity contribution in [3.8, 4) is 0 Å². The van der Waals surface area contributed by atoms with Crippen molar-refractivity contribution in [3.63, 3.8) is 0 Å². The van der Waals surface area contributed by atoms with Crippen LogP contribution in [-0.2, 0) is 23.8 Å². The molecule has 1 rings (SSSR count). The number of hydrogen-bond acceptors (Lipinski definition) is 6. The molecule has 51 heavy (non-hydrogen) atoms. The first-order valence-electron chi connectivity index (χ1n) is 21.7. The Morgan fingerprint density at radius 3 is 1.53 bits per heavy atom. The van der Waals surface area contributed by atoms with E-state index in [1.807, 2.05) is 0 Å². The minimum atomic E-state index is -0.804. The highest BCUT2D eigenvalue weighted by Gasteiger charge is 2.35. The summed E-state index contributed by atoms with van der Waals surface area (Å²) in [6.07, 6.45) is 48.1. The molecule has 0 radical (unpaired) electrons. The minimum absolute atomic E-state index is 0.0897. The average Bonchev–Trinajstić information content (AvgIpc) is 3.89. The number of carbonyl (C=O) groups is 2. The third kappa shape index (κ3) is 32.5. The minimum Gasteiger partial charge on any atom is -0.462 e. The van der Waals surface area contributed by atoms with Gasteiger partial charge in [0.25, 0.3) is 0 Å². The number of carbonyl (C=O) groups excluding carboxylic acids is 2. The molecule has 1 N–H and O–H groups in total. The molecule has 0 spiro atoms. The first-order valence-corrected chi connectivity index (χ1v) is 21.7. The molecule has 1 heterocycles. The Bertz CT molecular complexity index is 880. The molecule has 6 heteroatoms. The fourth-order valence-electron chi connectivity index (χ4n) is 6.41. The summed E-state index contributed by atoms with van der Waals surface area (Å²) in [5, 5.41) is 9.58. The Labute approximate surface area is 314 Å². The molecule has 0 aromatic carbocycles. The number of unbranched alkanes of at least 4 members (excludes halogenated alkanes) is 22. The van der Waals surface area contributed by atoms with Gasteiger partial charge in [-0.3, -0.25) is 9.59 Å². The van der Waals surface area contributed by atoms with Crippen molar-refractivity contribution in [2.45, 2.75) is 225 Å². The van der Waals surface area contributed by atoms with Crippen LogP contribution in [0.1, 0.15) is 206 Å². The van der Waals surface area contributed by atoms with Gasteiger partial charge in [0.15, 0.2) is 6.10 Å². The summed E-state index contributed by atoms with van der Waals surface area (Å²) in [5.41, 5.74) is 0. The predicted molar refractivity (Wildman–Crippen MR) is 214 cm³/mol. The summed E-state index contributed by atoms with van der Waals surface area (Å²) in [5.74, 6) is -0.657. The van der Waals surface area contributed by atoms with Gasteiger partial charge in [-0.2, -0.15) is 0 Å². The highest BCUT2D eigenvalue weighted by Crippen LogP contribution is 2.29. The SMILES string of the molecule is CCCCC/C=C\C/C=C\CC1OC1C/C=C\CCCC(=O)O[C@@H](CO)COC(=O)CCCCCCCCCCCCCCCCCCCCC. The Morgan fingerprint density at radius 2 is 0.980 bits per heavy atom. The van der Waals surface area contributed by atoms with Crippen LogP contribution in [0.4, 0.5) is 0 Å². The predicted octanol–water partition coefficient (Wildman–Crippen LogP) is 12.6. The number of aliphatic hydroxyl groups excluding tert-OH is 1. The van der Waals surface area contributed by atoms with Crippen molar-refractivity contribution in [3.05, 3.63) is 36.5 Å². The molecule has 1 fully saturated rings. The average molecular weight is 717 g/mol. The van der Waals surface area contributed by atoms with Gasteiger partial charge in [-0.1, -0.05) is 179 Å². The maximum Gasteiger partial charge on any atom is 0.306 e. The van der Waals surface area contributed by atoms with Crippen LogP contribution in [0.2, 0.25) is 0 Å². The smallest absolute Gasteiger partial charge is 0.306 e. The fourth-order valence-corrected chi connectivity index (χ4v) is 6.41. The molecule has 0 aliphatic carbocycles. The van der Waals surface area contributed by atoms with Crippen molar-refractivity contribution in [1.82, 2.24) is 0 Å². The monoisotopic (exact) mass is 717 g/mol. The molecule has 1 aliphatic rings. The second-order valence-electron chi connectivity index (χ2n) is 14.8. The van der Waals surface area contributed by atoms with Crippen LogP contribution in [0.3, 0.4) is 0 Å². The van der Waals surface area contributed by atoms with Crippen LogP contribution in [0.15, 0.2) is 36.5 Å². The number of aliphatic hydroxyl groups is 1. The highest BCUT2D eigenvalue weighted by molar-refractivity contribution is 5.70. The zero-order valence-corrected chi connectivity index (χ0v) is 33.3. The maximum absolute atomic E-state index is 12.2. The Kier molecular flexibility index (Phi) is 33.7. The normalized spacial score (nSPS) is 16.5. The van der Waals surface area contributed by atoms with Gasteiger partial charge in [0.2, 0.25) is 0 Å². The molecule has 2 unspecified atom stereocenters. The number of esters is 2. The molecular formula is C45H80O6. The van der Waals surface area contributed by atoms with Crippen LogP contribution >= 0.6 is 0 Å². The molecule has 1 aliphatic heterocycles. The quantitative estimate of drug-likeness (QED) is 0.0296. The fraction of sp³-hybridized carbons (Fsp3) is 0.822. The Balaban J connectivity index is 1.89. The lowest BCUT2D eigenvalue weighted by molar-refractivity contribution is -0.161. The van der Waals surface area contributed by atoms with Crippen LogP contribution < -0.4 is 0 Å². The van der Waals surface area contributed by atoms with Crippen LogP contribution in [0, 0.1) is 0 Å². The van der Waals surface area contributed by atoms with E-state index in [-0.39, 0.29) is 31.6 Å². The van der Waals surface area contributed by atoms with Gasteiger partial charge in [0, 0.05) is 12.8 Å². The largest absolute Gasteiger partial charge is 0.462 e. The van der Waals surface area contributed by atoms with E-state index >= 15 is 0 Å². The van der Waals surface area contributed by atoms with E-state index in [0.29, 0.717) is 25.0 Å². The van der Waals surface area contributed by atoms with Crippen molar-refractivity contribution in [2.75, 3.05) is 13.2 Å². The number of rotatable bonds is 38. The van der Waals surface area contributed by atoms with E-state index in [4.69, 9.17) is 14.2 Å². The van der Waals surface area contributed by atoms with Crippen molar-refractivity contribution < 1.29 is 28.9 Å². The second-order valence-corrected chi connectivity index (χ2v) is 14.8. The number of allylic oxidation sites excluding steroid dienone is 4. The van der Waals surface area contributed by atoms with E-state index in [1.54, 1.807) is 0 Å². The molecule has 0 bridgehead atoms. The first kappa shape index (κ1) is 47.1. The summed E-state index contributed by atoms with van der Waals surface area (Å²) >= 11 is 0. The molecule has 1 saturated heterocycles. The molecule has 3 atom stereocenters. The van der Waals surface area contributed by atoms with Gasteiger partial charge in [0.1, 0.15) is 6.61 Å². The number of epoxide rings is 1. The second kappa shape index (κ2) is 36.4. The van der Waals surface area contributed by atoms with Gasteiger partial charge in [-0.05, 0) is 51.4 Å². The van der Waals surface area contributed by atoms with Gasteiger partial charge in [0.05, 0.1) is 18.8 Å². The van der Waals surface area contributed by atoms with Gasteiger partial charge in [-0.25, -0.2) is 0 Å². The summed E-state index contributed by atoms with van der Waals surface area (Å²) in [7, 11) is 0. The molecule has 296 valence electrons. The molecule has 0 aromatic heterocycles. The van der Waals surface area contributed by atoms with E-state index in [9.17, 15) is 14.7 Å². The van der Waals surface area contributed by atoms with Crippen molar-refractivity contribution >= 4 is 11.9 Å². The van der Waals surface area contributed by atoms with E-state index in [1.165, 1.54) is 128 Å². The Hall–Kier alpha value is -1.92. The topological polar surface area (TPSA) is 85.4 Å². The lowest BCUT2D eigenvalue weighted by atomic mass is 10.0. The van der Waals surface area contributed by atoms with Crippen LogP contribution in [-0.4, -0.2) is 48.6 Å². The summed E-state index contributed by atoms with van der Waals surface area (Å²) < 4.78 is 16.4. The summed E-state index contributed by atoms with van der Waals surface area (Å²) in [6, 6.07) is 0. The third-order valence-electron chi connectivity index (χ3n) is 9.84. The molecule has 0 aromatic rings. The van der Waals surface area contributed by atoms with Gasteiger partial charge >= 0.3 is 11.9 Å². The van der Waals surface area contributed by atoms with Gasteiger partial charge < -0.3 is 19.3 Å². The van der Waals surface area contributed by atoms with Crippen LogP contribution in [0.5, 0.6) is 0 Å². The lowest BCUT2D eigenvalue weighted by Crippen LogP contribution is -2.28. The van der Waals surface area contributed by atoms with Gasteiger partial charge in [-0.15, -0.1) is 0 Å². The summed E-state index contributed by atoms with van der Waals surface area (Å²) in [4.78, 5) is 24.3. The van der Waals surface area contributed by atoms with Crippen LogP contribution in [0.25, 0.3) is 0 Å². The van der Waals surface area contributed by atoms with E-state index in [0.717, 1.165) is 44.9 Å². The summed E-state index contributed by atoms with van der Waals surface area (Å²) in [6.45, 7) is 4.07.